The Morgan fingerprint density at radius 3 is 2.25 bits per heavy atom. The normalized spacial score (nSPS) is 16.2. The van der Waals surface area contributed by atoms with E-state index in [1.54, 1.807) is 30.1 Å². The first-order valence-corrected chi connectivity index (χ1v) is 8.55. The number of para-hydroxylation sites is 1. The summed E-state index contributed by atoms with van der Waals surface area (Å²) in [7, 11) is 1.50. The van der Waals surface area contributed by atoms with Gasteiger partial charge in [0, 0.05) is 11.4 Å². The van der Waals surface area contributed by atoms with E-state index in [1.807, 2.05) is 32.0 Å². The first-order valence-electron chi connectivity index (χ1n) is 8.55. The minimum Gasteiger partial charge on any atom is -0.763 e. The third kappa shape index (κ3) is 3.19. The molecular formula is C21H18N3O4-. The summed E-state index contributed by atoms with van der Waals surface area (Å²) in [5, 5.41) is 12.0. The van der Waals surface area contributed by atoms with Crippen molar-refractivity contribution < 1.29 is 19.1 Å². The van der Waals surface area contributed by atoms with Crippen molar-refractivity contribution in [3.8, 4) is 5.75 Å². The van der Waals surface area contributed by atoms with Crippen molar-refractivity contribution in [1.29, 1.82) is 0 Å². The molecule has 7 nitrogen and oxygen atoms in total. The van der Waals surface area contributed by atoms with Crippen LogP contribution < -0.4 is 15.0 Å². The van der Waals surface area contributed by atoms with E-state index < -0.39 is 29.2 Å². The van der Waals surface area contributed by atoms with Crippen LogP contribution in [0.4, 0.5) is 11.4 Å². The molecule has 0 saturated carbocycles. The quantitative estimate of drug-likeness (QED) is 0.383. The minimum atomic E-state index is -1.45. The fourth-order valence-corrected chi connectivity index (χ4v) is 3.15. The topological polar surface area (TPSA) is 98.0 Å². The van der Waals surface area contributed by atoms with Crippen LogP contribution in [0.1, 0.15) is 11.1 Å². The van der Waals surface area contributed by atoms with Gasteiger partial charge in [-0.1, -0.05) is 18.2 Å². The van der Waals surface area contributed by atoms with E-state index in [2.05, 4.69) is 5.32 Å². The predicted octanol–water partition coefficient (Wildman–Crippen LogP) is 2.40. The van der Waals surface area contributed by atoms with Gasteiger partial charge in [0.25, 0.3) is 11.8 Å². The Morgan fingerprint density at radius 1 is 1.11 bits per heavy atom. The fourth-order valence-electron chi connectivity index (χ4n) is 3.15. The molecule has 1 fully saturated rings. The number of hydrogen-bond donors (Lipinski definition) is 1. The maximum atomic E-state index is 13.0. The Labute approximate surface area is 162 Å². The van der Waals surface area contributed by atoms with Crippen molar-refractivity contribution in [2.75, 3.05) is 17.3 Å². The lowest BCUT2D eigenvalue weighted by Crippen LogP contribution is -2.45. The molecule has 28 heavy (non-hydrogen) atoms. The second-order valence-electron chi connectivity index (χ2n) is 6.38. The zero-order chi connectivity index (χ0) is 20.4. The third-order valence-corrected chi connectivity index (χ3v) is 4.63. The average Bonchev–Trinajstić information content (AvgIpc) is 2.94. The van der Waals surface area contributed by atoms with E-state index in [9.17, 15) is 19.8 Å². The highest BCUT2D eigenvalue weighted by Gasteiger charge is 2.47. The molecule has 1 aliphatic rings. The summed E-state index contributed by atoms with van der Waals surface area (Å²) in [6.07, 6.45) is 0. The fraction of sp³-hybridized carbons (Fsp3) is 0.190. The molecule has 0 aliphatic carbocycles. The number of anilines is 2. The first-order chi connectivity index (χ1) is 13.4. The number of rotatable bonds is 4. The summed E-state index contributed by atoms with van der Waals surface area (Å²) >= 11 is 0. The Morgan fingerprint density at radius 2 is 1.71 bits per heavy atom. The molecule has 1 N–H and O–H groups in total. The second kappa shape index (κ2) is 7.50. The molecule has 0 radical (unpaired) electrons. The summed E-state index contributed by atoms with van der Waals surface area (Å²) in [4.78, 5) is 39.3. The highest BCUT2D eigenvalue weighted by molar-refractivity contribution is 6.43. The van der Waals surface area contributed by atoms with Crippen LogP contribution in [0, 0.1) is 13.8 Å². The number of aryl methyl sites for hydroxylation is 2. The van der Waals surface area contributed by atoms with Crippen molar-refractivity contribution in [3.05, 3.63) is 64.6 Å². The molecule has 1 saturated heterocycles. The summed E-state index contributed by atoms with van der Waals surface area (Å²) < 4.78 is 5.09. The monoisotopic (exact) mass is 376 g/mol. The number of benzene rings is 2. The van der Waals surface area contributed by atoms with E-state index in [0.29, 0.717) is 17.1 Å². The van der Waals surface area contributed by atoms with Crippen LogP contribution >= 0.6 is 0 Å². The maximum Gasteiger partial charge on any atom is 0.269 e. The van der Waals surface area contributed by atoms with Crippen LogP contribution in [0.5, 0.6) is 5.75 Å². The lowest BCUT2D eigenvalue weighted by molar-refractivity contribution is -0.124. The van der Waals surface area contributed by atoms with Gasteiger partial charge < -0.3 is 15.5 Å². The molecule has 1 unspecified atom stereocenters. The maximum absolute atomic E-state index is 13.0. The smallest absolute Gasteiger partial charge is 0.269 e. The van der Waals surface area contributed by atoms with Gasteiger partial charge in [-0.3, -0.25) is 25.2 Å². The number of nitrogens with zero attached hydrogens (tertiary/aromatic N) is 2. The van der Waals surface area contributed by atoms with Crippen molar-refractivity contribution in [2.45, 2.75) is 19.9 Å². The van der Waals surface area contributed by atoms with Gasteiger partial charge in [0.1, 0.15) is 11.3 Å². The van der Waals surface area contributed by atoms with Gasteiger partial charge >= 0.3 is 0 Å². The van der Waals surface area contributed by atoms with Crippen LogP contribution in [0.3, 0.4) is 0 Å². The van der Waals surface area contributed by atoms with Crippen LogP contribution in [-0.2, 0) is 14.4 Å². The lowest BCUT2D eigenvalue weighted by atomic mass is 10.1. The van der Waals surface area contributed by atoms with Gasteiger partial charge in [-0.25, -0.2) is 0 Å². The summed E-state index contributed by atoms with van der Waals surface area (Å²) in [5.74, 6) is -0.0883. The molecule has 0 aromatic heterocycles. The van der Waals surface area contributed by atoms with E-state index in [4.69, 9.17) is 4.74 Å². The predicted molar refractivity (Wildman–Crippen MR) is 106 cm³/mol. The zero-order valence-electron chi connectivity index (χ0n) is 15.6. The molecule has 1 atom stereocenters. The third-order valence-electron chi connectivity index (χ3n) is 4.63. The largest absolute Gasteiger partial charge is 0.763 e. The van der Waals surface area contributed by atoms with Crippen LogP contribution in [0.2, 0.25) is 0 Å². The summed E-state index contributed by atoms with van der Waals surface area (Å²) in [6, 6.07) is 10.4. The number of amides is 2. The Bertz CT molecular complexity index is 1000. The van der Waals surface area contributed by atoms with E-state index >= 15 is 0 Å². The molecule has 2 amide bonds. The van der Waals surface area contributed by atoms with E-state index in [1.165, 1.54) is 7.11 Å². The van der Waals surface area contributed by atoms with Crippen molar-refractivity contribution in [3.63, 3.8) is 0 Å². The summed E-state index contributed by atoms with van der Waals surface area (Å²) in [6.45, 7) is 3.66. The molecule has 142 valence electrons. The van der Waals surface area contributed by atoms with Gasteiger partial charge in [-0.05, 0) is 49.2 Å². The van der Waals surface area contributed by atoms with Gasteiger partial charge in [0.2, 0.25) is 5.78 Å². The SMILES string of the molecule is COc1ccc(N2C(=O)C(=C=[N-])C(=O)C2C(=O)Nc2c(C)cccc2C)cc1. The van der Waals surface area contributed by atoms with Crippen LogP contribution in [-0.4, -0.2) is 36.6 Å². The molecule has 0 bridgehead atoms. The van der Waals surface area contributed by atoms with Gasteiger partial charge in [0.15, 0.2) is 6.04 Å². The summed E-state index contributed by atoms with van der Waals surface area (Å²) in [5.41, 5.74) is 1.99. The van der Waals surface area contributed by atoms with Crippen molar-refractivity contribution in [2.24, 2.45) is 0 Å². The number of hydrogen-bond acceptors (Lipinski definition) is 4. The van der Waals surface area contributed by atoms with Gasteiger partial charge in [-0.15, -0.1) is 0 Å². The highest BCUT2D eigenvalue weighted by atomic mass is 16.5. The molecule has 1 heterocycles. The Balaban J connectivity index is 2.01. The van der Waals surface area contributed by atoms with Crippen molar-refractivity contribution >= 4 is 34.8 Å². The minimum absolute atomic E-state index is 0.325. The number of carbonyl (C=O) groups excluding carboxylic acids is 3. The molecule has 7 heteroatoms. The molecular weight excluding hydrogens is 358 g/mol. The van der Waals surface area contributed by atoms with Gasteiger partial charge in [0.05, 0.1) is 7.11 Å². The Hall–Kier alpha value is -3.70. The van der Waals surface area contributed by atoms with Gasteiger partial charge in [-0.2, -0.15) is 0 Å². The second-order valence-corrected chi connectivity index (χ2v) is 6.38. The number of ether oxygens (including phenoxy) is 1. The zero-order valence-corrected chi connectivity index (χ0v) is 15.6. The van der Waals surface area contributed by atoms with E-state index in [-0.39, 0.29) is 0 Å². The number of carbonyl (C=O) groups is 3. The van der Waals surface area contributed by atoms with E-state index in [0.717, 1.165) is 16.0 Å². The number of Topliss-reactive ketones (excluding diaryl/α,β-unsaturated/α-hetero) is 1. The van der Waals surface area contributed by atoms with Crippen LogP contribution in [0.25, 0.3) is 5.41 Å². The van der Waals surface area contributed by atoms with Crippen molar-refractivity contribution in [1.82, 2.24) is 0 Å². The number of methoxy groups -OCH3 is 1. The first kappa shape index (κ1) is 19.1. The molecule has 2 aromatic carbocycles. The highest BCUT2D eigenvalue weighted by Crippen LogP contribution is 2.30. The Kier molecular flexibility index (Phi) is 5.11. The van der Waals surface area contributed by atoms with Crippen LogP contribution in [0.15, 0.2) is 48.0 Å². The lowest BCUT2D eigenvalue weighted by Gasteiger charge is -2.23. The molecule has 0 spiro atoms. The standard InChI is InChI=1S/C21H18N3O4/c1-12-5-4-6-13(2)17(12)23-20(26)18-19(25)16(11-22)21(27)24(18)14-7-9-15(28-3)10-8-14/h4-10,18H,1-3H3,(H,23,26)/q-1. The number of ketones is 1. The average molecular weight is 376 g/mol. The number of nitrogens with one attached hydrogen (secondary N) is 1. The molecule has 3 rings (SSSR count). The molecule has 1 aliphatic heterocycles. The molecule has 2 aromatic rings.